The second-order valence-electron chi connectivity index (χ2n) is 6.49. The molecule has 2 amide bonds. The Morgan fingerprint density at radius 2 is 2.12 bits per heavy atom. The van der Waals surface area contributed by atoms with Crippen molar-refractivity contribution in [3.05, 3.63) is 35.4 Å². The first kappa shape index (κ1) is 18.7. The van der Waals surface area contributed by atoms with E-state index in [1.807, 2.05) is 23.1 Å². The van der Waals surface area contributed by atoms with E-state index in [0.717, 1.165) is 37.9 Å². The van der Waals surface area contributed by atoms with E-state index in [-0.39, 0.29) is 36.3 Å². The Kier molecular flexibility index (Phi) is 6.63. The minimum atomic E-state index is -0.144. The van der Waals surface area contributed by atoms with Crippen molar-refractivity contribution in [1.29, 1.82) is 0 Å². The van der Waals surface area contributed by atoms with Crippen LogP contribution in [0.2, 0.25) is 0 Å². The third kappa shape index (κ3) is 4.28. The second kappa shape index (κ2) is 8.49. The van der Waals surface area contributed by atoms with Gasteiger partial charge in [0, 0.05) is 26.1 Å². The number of benzene rings is 1. The van der Waals surface area contributed by atoms with Crippen molar-refractivity contribution in [3.63, 3.8) is 0 Å². The average molecular weight is 352 g/mol. The molecule has 3 rings (SSSR count). The van der Waals surface area contributed by atoms with Crippen LogP contribution in [0.15, 0.2) is 24.3 Å². The summed E-state index contributed by atoms with van der Waals surface area (Å²) in [5.74, 6) is 0.0725. The molecule has 1 aromatic carbocycles. The smallest absolute Gasteiger partial charge is 0.222 e. The summed E-state index contributed by atoms with van der Waals surface area (Å²) >= 11 is 0. The maximum atomic E-state index is 12.5. The lowest BCUT2D eigenvalue weighted by molar-refractivity contribution is -0.133. The standard InChI is InChI=1S/C18H25N3O2.ClH/c1-13(22)21-10-8-14-5-2-3-7-16(14)17(21)11-18(23)20-15-6-4-9-19-12-15;/h2-3,5,7,15,17,19H,4,6,8-12H2,1H3,(H,20,23);1H/t15-,17?;/m0./s1. The molecule has 0 aromatic heterocycles. The number of hydrogen-bond donors (Lipinski definition) is 2. The number of nitrogens with zero attached hydrogens (tertiary/aromatic N) is 1. The molecule has 0 saturated carbocycles. The van der Waals surface area contributed by atoms with Gasteiger partial charge in [0.05, 0.1) is 12.5 Å². The van der Waals surface area contributed by atoms with Gasteiger partial charge in [0.25, 0.3) is 0 Å². The molecule has 2 atom stereocenters. The molecule has 1 fully saturated rings. The van der Waals surface area contributed by atoms with E-state index in [9.17, 15) is 9.59 Å². The van der Waals surface area contributed by atoms with Crippen molar-refractivity contribution in [1.82, 2.24) is 15.5 Å². The van der Waals surface area contributed by atoms with Crippen LogP contribution in [0.3, 0.4) is 0 Å². The summed E-state index contributed by atoms with van der Waals surface area (Å²) in [6.07, 6.45) is 3.32. The lowest BCUT2D eigenvalue weighted by atomic mass is 9.90. The topological polar surface area (TPSA) is 61.4 Å². The second-order valence-corrected chi connectivity index (χ2v) is 6.49. The van der Waals surface area contributed by atoms with Gasteiger partial charge in [-0.1, -0.05) is 24.3 Å². The van der Waals surface area contributed by atoms with Crippen LogP contribution in [-0.2, 0) is 16.0 Å². The Morgan fingerprint density at radius 3 is 2.83 bits per heavy atom. The number of rotatable bonds is 3. The zero-order valence-electron chi connectivity index (χ0n) is 14.1. The Morgan fingerprint density at radius 1 is 1.33 bits per heavy atom. The van der Waals surface area contributed by atoms with Crippen LogP contribution < -0.4 is 10.6 Å². The average Bonchev–Trinajstić information content (AvgIpc) is 2.55. The number of piperidine rings is 1. The summed E-state index contributed by atoms with van der Waals surface area (Å²) in [7, 11) is 0. The molecule has 24 heavy (non-hydrogen) atoms. The van der Waals surface area contributed by atoms with E-state index >= 15 is 0 Å². The molecule has 5 nitrogen and oxygen atoms in total. The maximum Gasteiger partial charge on any atom is 0.222 e. The highest BCUT2D eigenvalue weighted by Gasteiger charge is 2.31. The normalized spacial score (nSPS) is 23.0. The lowest BCUT2D eigenvalue weighted by Gasteiger charge is -2.37. The molecule has 2 N–H and O–H groups in total. The van der Waals surface area contributed by atoms with Crippen molar-refractivity contribution in [3.8, 4) is 0 Å². The summed E-state index contributed by atoms with van der Waals surface area (Å²) in [6.45, 7) is 4.14. The fourth-order valence-corrected chi connectivity index (χ4v) is 3.69. The molecule has 0 radical (unpaired) electrons. The van der Waals surface area contributed by atoms with Crippen LogP contribution in [0.4, 0.5) is 0 Å². The SMILES string of the molecule is CC(=O)N1CCc2ccccc2C1CC(=O)N[C@H]1CCCNC1.Cl. The fraction of sp³-hybridized carbons (Fsp3) is 0.556. The minimum absolute atomic E-state index is 0. The molecule has 0 aliphatic carbocycles. The van der Waals surface area contributed by atoms with E-state index < -0.39 is 0 Å². The van der Waals surface area contributed by atoms with Crippen molar-refractivity contribution >= 4 is 24.2 Å². The molecule has 2 aliphatic rings. The highest BCUT2D eigenvalue weighted by Crippen LogP contribution is 2.32. The summed E-state index contributed by atoms with van der Waals surface area (Å²) in [6, 6.07) is 8.22. The zero-order valence-corrected chi connectivity index (χ0v) is 14.9. The summed E-state index contributed by atoms with van der Waals surface area (Å²) in [4.78, 5) is 26.3. The quantitative estimate of drug-likeness (QED) is 0.873. The predicted octanol–water partition coefficient (Wildman–Crippen LogP) is 1.81. The Labute approximate surface area is 149 Å². The van der Waals surface area contributed by atoms with E-state index in [4.69, 9.17) is 0 Å². The largest absolute Gasteiger partial charge is 0.352 e. The third-order valence-corrected chi connectivity index (χ3v) is 4.86. The van der Waals surface area contributed by atoms with Gasteiger partial charge in [-0.15, -0.1) is 12.4 Å². The van der Waals surface area contributed by atoms with Gasteiger partial charge in [-0.05, 0) is 36.9 Å². The van der Waals surface area contributed by atoms with Crippen molar-refractivity contribution in [2.45, 2.75) is 44.7 Å². The van der Waals surface area contributed by atoms with Gasteiger partial charge in [-0.25, -0.2) is 0 Å². The molecule has 6 heteroatoms. The number of nitrogens with one attached hydrogen (secondary N) is 2. The number of hydrogen-bond acceptors (Lipinski definition) is 3. The van der Waals surface area contributed by atoms with Gasteiger partial charge in [0.15, 0.2) is 0 Å². The van der Waals surface area contributed by atoms with Crippen LogP contribution in [0.25, 0.3) is 0 Å². The first-order chi connectivity index (χ1) is 11.1. The molecule has 0 spiro atoms. The molecule has 1 saturated heterocycles. The van der Waals surface area contributed by atoms with E-state index in [0.29, 0.717) is 13.0 Å². The molecule has 0 bridgehead atoms. The number of fused-ring (bicyclic) bond motifs is 1. The molecule has 1 aromatic rings. The lowest BCUT2D eigenvalue weighted by Crippen LogP contribution is -2.47. The Hall–Kier alpha value is -1.59. The van der Waals surface area contributed by atoms with Gasteiger partial charge in [-0.2, -0.15) is 0 Å². The van der Waals surface area contributed by atoms with Crippen molar-refractivity contribution < 1.29 is 9.59 Å². The predicted molar refractivity (Wildman–Crippen MR) is 96.2 cm³/mol. The van der Waals surface area contributed by atoms with Gasteiger partial charge >= 0.3 is 0 Å². The van der Waals surface area contributed by atoms with Gasteiger partial charge in [0.1, 0.15) is 0 Å². The van der Waals surface area contributed by atoms with Crippen molar-refractivity contribution in [2.75, 3.05) is 19.6 Å². The highest BCUT2D eigenvalue weighted by atomic mass is 35.5. The summed E-state index contributed by atoms with van der Waals surface area (Å²) in [5.41, 5.74) is 2.37. The highest BCUT2D eigenvalue weighted by molar-refractivity contribution is 5.85. The molecular weight excluding hydrogens is 326 g/mol. The van der Waals surface area contributed by atoms with E-state index in [1.54, 1.807) is 6.92 Å². The monoisotopic (exact) mass is 351 g/mol. The first-order valence-corrected chi connectivity index (χ1v) is 8.50. The molecule has 2 aliphatic heterocycles. The van der Waals surface area contributed by atoms with E-state index in [2.05, 4.69) is 16.7 Å². The molecule has 2 heterocycles. The van der Waals surface area contributed by atoms with Crippen LogP contribution in [-0.4, -0.2) is 42.4 Å². The number of carbonyl (C=O) groups is 2. The fourth-order valence-electron chi connectivity index (χ4n) is 3.69. The maximum absolute atomic E-state index is 12.5. The number of halogens is 1. The summed E-state index contributed by atoms with van der Waals surface area (Å²) in [5, 5.41) is 6.42. The van der Waals surface area contributed by atoms with Gasteiger partial charge < -0.3 is 15.5 Å². The summed E-state index contributed by atoms with van der Waals surface area (Å²) < 4.78 is 0. The van der Waals surface area contributed by atoms with Crippen LogP contribution >= 0.6 is 12.4 Å². The van der Waals surface area contributed by atoms with Crippen LogP contribution in [0.5, 0.6) is 0 Å². The number of carbonyl (C=O) groups excluding carboxylic acids is 2. The van der Waals surface area contributed by atoms with Crippen LogP contribution in [0, 0.1) is 0 Å². The van der Waals surface area contributed by atoms with Gasteiger partial charge in [-0.3, -0.25) is 9.59 Å². The van der Waals surface area contributed by atoms with Crippen molar-refractivity contribution in [2.24, 2.45) is 0 Å². The minimum Gasteiger partial charge on any atom is -0.352 e. The van der Waals surface area contributed by atoms with E-state index in [1.165, 1.54) is 5.56 Å². The van der Waals surface area contributed by atoms with Gasteiger partial charge in [0.2, 0.25) is 11.8 Å². The third-order valence-electron chi connectivity index (χ3n) is 4.86. The zero-order chi connectivity index (χ0) is 16.2. The molecule has 1 unspecified atom stereocenters. The Bertz CT molecular complexity index is 587. The molecular formula is C18H26ClN3O2. The Balaban J connectivity index is 0.00000208. The molecule has 132 valence electrons. The number of amides is 2. The first-order valence-electron chi connectivity index (χ1n) is 8.50. The van der Waals surface area contributed by atoms with Crippen LogP contribution in [0.1, 0.15) is 43.4 Å².